The molecule has 1 saturated heterocycles. The second-order valence-electron chi connectivity index (χ2n) is 6.61. The number of carbonyl (C=O) groups excluding carboxylic acids is 3. The van der Waals surface area contributed by atoms with E-state index in [1.54, 1.807) is 6.07 Å². The number of anilines is 2. The van der Waals surface area contributed by atoms with E-state index in [0.29, 0.717) is 0 Å². The molecule has 1 atom stereocenters. The largest absolute Gasteiger partial charge is 0.336 e. The van der Waals surface area contributed by atoms with Crippen LogP contribution in [0.15, 0.2) is 48.5 Å². The zero-order valence-corrected chi connectivity index (χ0v) is 15.2. The van der Waals surface area contributed by atoms with Crippen molar-refractivity contribution in [3.8, 4) is 0 Å². The summed E-state index contributed by atoms with van der Waals surface area (Å²) in [6.07, 6.45) is -0.0526. The van der Waals surface area contributed by atoms with Crippen LogP contribution in [0.5, 0.6) is 0 Å². The number of amides is 3. The smallest absolute Gasteiger partial charge is 0.243 e. The summed E-state index contributed by atoms with van der Waals surface area (Å²) in [6.45, 7) is -0.200. The Hall–Kier alpha value is -3.29. The van der Waals surface area contributed by atoms with Crippen LogP contribution in [0.2, 0.25) is 0 Å². The molecule has 0 aliphatic carbocycles. The minimum absolute atomic E-state index is 0.0501. The minimum atomic E-state index is -0.668. The first-order valence-electron chi connectivity index (χ1n) is 8.70. The van der Waals surface area contributed by atoms with E-state index in [-0.39, 0.29) is 42.7 Å². The fourth-order valence-corrected chi connectivity index (χ4v) is 3.15. The number of nitrogens with one attached hydrogen (secondary N) is 1. The average molecular weight is 387 g/mol. The maximum atomic E-state index is 13.9. The molecule has 0 saturated carbocycles. The molecule has 1 fully saturated rings. The van der Waals surface area contributed by atoms with Gasteiger partial charge in [-0.2, -0.15) is 0 Å². The van der Waals surface area contributed by atoms with Crippen LogP contribution in [0.3, 0.4) is 0 Å². The van der Waals surface area contributed by atoms with Crippen LogP contribution < -0.4 is 10.2 Å². The summed E-state index contributed by atoms with van der Waals surface area (Å²) in [4.78, 5) is 39.4. The quantitative estimate of drug-likeness (QED) is 0.857. The second kappa shape index (κ2) is 8.16. The van der Waals surface area contributed by atoms with Crippen LogP contribution in [0.1, 0.15) is 6.42 Å². The summed E-state index contributed by atoms with van der Waals surface area (Å²) in [5.74, 6) is -2.91. The molecule has 0 bridgehead atoms. The highest BCUT2D eigenvalue weighted by Gasteiger charge is 2.37. The molecule has 0 spiro atoms. The van der Waals surface area contributed by atoms with Gasteiger partial charge < -0.3 is 15.1 Å². The Labute approximate surface area is 160 Å². The molecule has 1 aliphatic rings. The van der Waals surface area contributed by atoms with Crippen molar-refractivity contribution < 1.29 is 23.2 Å². The van der Waals surface area contributed by atoms with E-state index in [4.69, 9.17) is 0 Å². The number of rotatable bonds is 5. The van der Waals surface area contributed by atoms with Gasteiger partial charge in [-0.05, 0) is 30.3 Å². The summed E-state index contributed by atoms with van der Waals surface area (Å²) in [5.41, 5.74) is 0.418. The van der Waals surface area contributed by atoms with Gasteiger partial charge in [-0.1, -0.05) is 18.2 Å². The van der Waals surface area contributed by atoms with Gasteiger partial charge in [-0.15, -0.1) is 0 Å². The van der Waals surface area contributed by atoms with E-state index in [0.717, 1.165) is 0 Å². The van der Waals surface area contributed by atoms with Crippen molar-refractivity contribution in [3.63, 3.8) is 0 Å². The Kier molecular flexibility index (Phi) is 5.67. The van der Waals surface area contributed by atoms with E-state index >= 15 is 0 Å². The van der Waals surface area contributed by atoms with Crippen molar-refractivity contribution in [3.05, 3.63) is 60.2 Å². The number of halogens is 2. The molecule has 28 heavy (non-hydrogen) atoms. The third-order valence-electron chi connectivity index (χ3n) is 4.48. The first-order chi connectivity index (χ1) is 13.3. The summed E-state index contributed by atoms with van der Waals surface area (Å²) in [5, 5.41) is 2.51. The fourth-order valence-electron chi connectivity index (χ4n) is 3.15. The first kappa shape index (κ1) is 19.5. The third kappa shape index (κ3) is 4.33. The second-order valence-corrected chi connectivity index (χ2v) is 6.61. The fraction of sp³-hybridized carbons (Fsp3) is 0.250. The Morgan fingerprint density at radius 2 is 1.93 bits per heavy atom. The Morgan fingerprint density at radius 3 is 2.64 bits per heavy atom. The van der Waals surface area contributed by atoms with Gasteiger partial charge in [0.05, 0.1) is 18.2 Å². The zero-order valence-electron chi connectivity index (χ0n) is 15.2. The summed E-state index contributed by atoms with van der Waals surface area (Å²) >= 11 is 0. The monoisotopic (exact) mass is 387 g/mol. The topological polar surface area (TPSA) is 69.7 Å². The number of benzene rings is 2. The summed E-state index contributed by atoms with van der Waals surface area (Å²) in [6, 6.07) is 11.3. The van der Waals surface area contributed by atoms with Gasteiger partial charge in [0, 0.05) is 25.7 Å². The van der Waals surface area contributed by atoms with Crippen molar-refractivity contribution in [1.82, 2.24) is 4.90 Å². The first-order valence-corrected chi connectivity index (χ1v) is 8.70. The standard InChI is InChI=1S/C20H19F2N3O3/c1-24(12-18(26)23-15-6-4-5-14(21)10-15)20(28)13-9-19(27)25(11-13)17-8-3-2-7-16(17)22/h2-8,10,13H,9,11-12H2,1H3,(H,23,26)/t13-/m1/s1. The molecule has 1 N–H and O–H groups in total. The van der Waals surface area contributed by atoms with Gasteiger partial charge in [0.15, 0.2) is 0 Å². The lowest BCUT2D eigenvalue weighted by Gasteiger charge is -2.21. The van der Waals surface area contributed by atoms with Gasteiger partial charge in [0.1, 0.15) is 11.6 Å². The lowest BCUT2D eigenvalue weighted by Crippen LogP contribution is -2.39. The Bertz CT molecular complexity index is 919. The Morgan fingerprint density at radius 1 is 1.18 bits per heavy atom. The van der Waals surface area contributed by atoms with E-state index in [2.05, 4.69) is 5.32 Å². The molecule has 8 heteroatoms. The molecule has 0 radical (unpaired) electrons. The Balaban J connectivity index is 1.60. The number of nitrogens with zero attached hydrogens (tertiary/aromatic N) is 2. The number of hydrogen-bond acceptors (Lipinski definition) is 3. The molecule has 2 aromatic rings. The van der Waals surface area contributed by atoms with E-state index < -0.39 is 23.5 Å². The number of carbonyl (C=O) groups is 3. The van der Waals surface area contributed by atoms with Gasteiger partial charge in [0.25, 0.3) is 0 Å². The zero-order chi connectivity index (χ0) is 20.3. The maximum Gasteiger partial charge on any atom is 0.243 e. The molecule has 6 nitrogen and oxygen atoms in total. The normalized spacial score (nSPS) is 16.2. The number of hydrogen-bond donors (Lipinski definition) is 1. The van der Waals surface area contributed by atoms with E-state index in [1.165, 1.54) is 59.3 Å². The highest BCUT2D eigenvalue weighted by atomic mass is 19.1. The SMILES string of the molecule is CN(CC(=O)Nc1cccc(F)c1)C(=O)[C@@H]1CC(=O)N(c2ccccc2F)C1. The van der Waals surface area contributed by atoms with E-state index in [9.17, 15) is 23.2 Å². The van der Waals surface area contributed by atoms with Crippen LogP contribution in [-0.4, -0.2) is 42.8 Å². The highest BCUT2D eigenvalue weighted by molar-refractivity contribution is 6.01. The van der Waals surface area contributed by atoms with Crippen LogP contribution in [0.4, 0.5) is 20.2 Å². The number of para-hydroxylation sites is 1. The van der Waals surface area contributed by atoms with Crippen LogP contribution >= 0.6 is 0 Å². The molecule has 1 aliphatic heterocycles. The van der Waals surface area contributed by atoms with Crippen LogP contribution in [-0.2, 0) is 14.4 Å². The lowest BCUT2D eigenvalue weighted by molar-refractivity contribution is -0.137. The van der Waals surface area contributed by atoms with Crippen LogP contribution in [0.25, 0.3) is 0 Å². The predicted octanol–water partition coefficient (Wildman–Crippen LogP) is 2.41. The molecular formula is C20H19F2N3O3. The number of likely N-dealkylation sites (N-methyl/N-ethyl adjacent to an activating group) is 1. The molecule has 3 rings (SSSR count). The predicted molar refractivity (Wildman–Crippen MR) is 99.5 cm³/mol. The van der Waals surface area contributed by atoms with E-state index in [1.807, 2.05) is 0 Å². The molecule has 1 heterocycles. The van der Waals surface area contributed by atoms with Gasteiger partial charge >= 0.3 is 0 Å². The lowest BCUT2D eigenvalue weighted by atomic mass is 10.1. The van der Waals surface area contributed by atoms with Crippen molar-refractivity contribution >= 4 is 29.1 Å². The summed E-state index contributed by atoms with van der Waals surface area (Å²) in [7, 11) is 1.45. The van der Waals surface area contributed by atoms with Crippen molar-refractivity contribution in [1.29, 1.82) is 0 Å². The maximum absolute atomic E-state index is 13.9. The van der Waals surface area contributed by atoms with Crippen molar-refractivity contribution in [2.75, 3.05) is 30.4 Å². The van der Waals surface area contributed by atoms with Crippen molar-refractivity contribution in [2.24, 2.45) is 5.92 Å². The summed E-state index contributed by atoms with van der Waals surface area (Å²) < 4.78 is 27.1. The van der Waals surface area contributed by atoms with Gasteiger partial charge in [-0.3, -0.25) is 14.4 Å². The average Bonchev–Trinajstić information content (AvgIpc) is 3.02. The highest BCUT2D eigenvalue weighted by Crippen LogP contribution is 2.28. The minimum Gasteiger partial charge on any atom is -0.336 e. The van der Waals surface area contributed by atoms with Crippen molar-refractivity contribution in [2.45, 2.75) is 6.42 Å². The molecule has 146 valence electrons. The third-order valence-corrected chi connectivity index (χ3v) is 4.48. The molecule has 2 aromatic carbocycles. The van der Waals surface area contributed by atoms with Gasteiger partial charge in [0.2, 0.25) is 17.7 Å². The molecule has 3 amide bonds. The molecule has 0 aromatic heterocycles. The van der Waals surface area contributed by atoms with Crippen LogP contribution in [0, 0.1) is 17.6 Å². The van der Waals surface area contributed by atoms with Gasteiger partial charge in [-0.25, -0.2) is 8.78 Å². The molecular weight excluding hydrogens is 368 g/mol. The molecule has 0 unspecified atom stereocenters.